The van der Waals surface area contributed by atoms with Gasteiger partial charge in [-0.15, -0.1) is 12.4 Å². The second kappa shape index (κ2) is 7.98. The molecule has 20 heavy (non-hydrogen) atoms. The summed E-state index contributed by atoms with van der Waals surface area (Å²) in [5.41, 5.74) is 6.73. The summed E-state index contributed by atoms with van der Waals surface area (Å²) in [5, 5.41) is 0. The van der Waals surface area contributed by atoms with E-state index in [2.05, 4.69) is 4.72 Å². The van der Waals surface area contributed by atoms with Crippen LogP contribution in [-0.4, -0.2) is 21.0 Å². The van der Waals surface area contributed by atoms with Gasteiger partial charge in [0.1, 0.15) is 0 Å². The van der Waals surface area contributed by atoms with Crippen molar-refractivity contribution in [3.63, 3.8) is 0 Å². The molecule has 2 unspecified atom stereocenters. The summed E-state index contributed by atoms with van der Waals surface area (Å²) < 4.78 is 26.7. The molecule has 1 fully saturated rings. The first-order valence-corrected chi connectivity index (χ1v) is 8.47. The van der Waals surface area contributed by atoms with Crippen molar-refractivity contribution in [1.29, 1.82) is 0 Å². The molecule has 1 aliphatic carbocycles. The Hall–Kier alpha value is -0.620. The van der Waals surface area contributed by atoms with Gasteiger partial charge >= 0.3 is 0 Å². The van der Waals surface area contributed by atoms with Crippen molar-refractivity contribution in [1.82, 2.24) is 4.72 Å². The molecule has 1 aliphatic rings. The molecular weight excluding hydrogens is 296 g/mol. The molecule has 114 valence electrons. The van der Waals surface area contributed by atoms with Gasteiger partial charge in [-0.3, -0.25) is 0 Å². The minimum atomic E-state index is -3.24. The van der Waals surface area contributed by atoms with Gasteiger partial charge in [-0.1, -0.05) is 36.8 Å². The highest BCUT2D eigenvalue weighted by Gasteiger charge is 2.21. The van der Waals surface area contributed by atoms with E-state index in [4.69, 9.17) is 5.73 Å². The number of halogens is 1. The molecule has 0 saturated heterocycles. The number of rotatable bonds is 5. The van der Waals surface area contributed by atoms with Gasteiger partial charge in [0.15, 0.2) is 0 Å². The standard InChI is InChI=1S/C14H22N2O2S.ClH/c15-14-8-4-7-13(9-14)10-16-19(17,18)11-12-5-2-1-3-6-12;/h1-3,5-6,13-14,16H,4,7-11,15H2;1H. The summed E-state index contributed by atoms with van der Waals surface area (Å²) in [6.45, 7) is 0.517. The number of hydrogen-bond donors (Lipinski definition) is 2. The molecule has 1 saturated carbocycles. The second-order valence-corrected chi connectivity index (χ2v) is 7.19. The Morgan fingerprint density at radius 3 is 2.55 bits per heavy atom. The largest absolute Gasteiger partial charge is 0.328 e. The van der Waals surface area contributed by atoms with Crippen molar-refractivity contribution in [2.75, 3.05) is 6.54 Å². The van der Waals surface area contributed by atoms with Crippen molar-refractivity contribution < 1.29 is 8.42 Å². The maximum atomic E-state index is 12.0. The molecule has 1 aromatic rings. The van der Waals surface area contributed by atoms with Crippen LogP contribution < -0.4 is 10.5 Å². The Balaban J connectivity index is 0.00000200. The highest BCUT2D eigenvalue weighted by molar-refractivity contribution is 7.88. The van der Waals surface area contributed by atoms with Crippen molar-refractivity contribution in [2.45, 2.75) is 37.5 Å². The first-order valence-electron chi connectivity index (χ1n) is 6.82. The predicted octanol–water partition coefficient (Wildman–Crippen LogP) is 2.05. The zero-order chi connectivity index (χ0) is 13.7. The molecule has 4 nitrogen and oxygen atoms in total. The van der Waals surface area contributed by atoms with Crippen LogP contribution in [0.15, 0.2) is 30.3 Å². The smallest absolute Gasteiger partial charge is 0.215 e. The lowest BCUT2D eigenvalue weighted by Crippen LogP contribution is -2.36. The molecule has 0 aliphatic heterocycles. The minimum absolute atomic E-state index is 0. The lowest BCUT2D eigenvalue weighted by atomic mass is 9.86. The number of hydrogen-bond acceptors (Lipinski definition) is 3. The SMILES string of the molecule is Cl.NC1CCCC(CNS(=O)(=O)Cc2ccccc2)C1. The molecule has 2 rings (SSSR count). The fraction of sp³-hybridized carbons (Fsp3) is 0.571. The zero-order valence-corrected chi connectivity index (χ0v) is 13.1. The zero-order valence-electron chi connectivity index (χ0n) is 11.5. The summed E-state index contributed by atoms with van der Waals surface area (Å²) in [4.78, 5) is 0. The molecule has 0 aromatic heterocycles. The molecule has 0 bridgehead atoms. The number of sulfonamides is 1. The average Bonchev–Trinajstić information content (AvgIpc) is 2.37. The van der Waals surface area contributed by atoms with E-state index in [9.17, 15) is 8.42 Å². The molecule has 3 N–H and O–H groups in total. The van der Waals surface area contributed by atoms with E-state index in [-0.39, 0.29) is 24.2 Å². The van der Waals surface area contributed by atoms with E-state index in [1.54, 1.807) is 0 Å². The Kier molecular flexibility index (Phi) is 6.95. The molecular formula is C14H23ClN2O2S. The molecule has 0 heterocycles. The van der Waals surface area contributed by atoms with E-state index in [1.807, 2.05) is 30.3 Å². The lowest BCUT2D eigenvalue weighted by Gasteiger charge is -2.26. The quantitative estimate of drug-likeness (QED) is 0.872. The third kappa shape index (κ3) is 5.79. The maximum Gasteiger partial charge on any atom is 0.215 e. The van der Waals surface area contributed by atoms with Crippen LogP contribution in [0.1, 0.15) is 31.2 Å². The minimum Gasteiger partial charge on any atom is -0.328 e. The van der Waals surface area contributed by atoms with Crippen LogP contribution in [0.4, 0.5) is 0 Å². The highest BCUT2D eigenvalue weighted by atomic mass is 35.5. The summed E-state index contributed by atoms with van der Waals surface area (Å²) in [7, 11) is -3.24. The fourth-order valence-corrected chi connectivity index (χ4v) is 3.83. The van der Waals surface area contributed by atoms with E-state index in [0.29, 0.717) is 12.5 Å². The maximum absolute atomic E-state index is 12.0. The van der Waals surface area contributed by atoms with Crippen LogP contribution in [0.25, 0.3) is 0 Å². The van der Waals surface area contributed by atoms with E-state index in [1.165, 1.54) is 0 Å². The summed E-state index contributed by atoms with van der Waals surface area (Å²) >= 11 is 0. The van der Waals surface area contributed by atoms with Crippen LogP contribution in [0.2, 0.25) is 0 Å². The Morgan fingerprint density at radius 1 is 1.20 bits per heavy atom. The van der Waals surface area contributed by atoms with Gasteiger partial charge in [-0.2, -0.15) is 0 Å². The third-order valence-electron chi connectivity index (χ3n) is 3.61. The lowest BCUT2D eigenvalue weighted by molar-refractivity contribution is 0.322. The summed E-state index contributed by atoms with van der Waals surface area (Å²) in [5.74, 6) is 0.432. The van der Waals surface area contributed by atoms with Gasteiger partial charge in [0.05, 0.1) is 5.75 Å². The molecule has 2 atom stereocenters. The average molecular weight is 319 g/mol. The predicted molar refractivity (Wildman–Crippen MR) is 84.2 cm³/mol. The Morgan fingerprint density at radius 2 is 1.90 bits per heavy atom. The number of benzene rings is 1. The Bertz CT molecular complexity index is 493. The van der Waals surface area contributed by atoms with Crippen LogP contribution in [-0.2, 0) is 15.8 Å². The van der Waals surface area contributed by atoms with Gasteiger partial charge in [0, 0.05) is 12.6 Å². The first-order chi connectivity index (χ1) is 9.05. The van der Waals surface area contributed by atoms with Crippen LogP contribution in [0.5, 0.6) is 0 Å². The fourth-order valence-electron chi connectivity index (χ4n) is 2.61. The van der Waals surface area contributed by atoms with Gasteiger partial charge in [-0.25, -0.2) is 13.1 Å². The van der Waals surface area contributed by atoms with Gasteiger partial charge in [0.2, 0.25) is 10.0 Å². The van der Waals surface area contributed by atoms with Gasteiger partial charge < -0.3 is 5.73 Å². The van der Waals surface area contributed by atoms with Crippen LogP contribution in [0, 0.1) is 5.92 Å². The summed E-state index contributed by atoms with van der Waals surface area (Å²) in [6.07, 6.45) is 4.16. The first kappa shape index (κ1) is 17.4. The number of nitrogens with two attached hydrogens (primary N) is 1. The normalized spacial score (nSPS) is 23.1. The van der Waals surface area contributed by atoms with Gasteiger partial charge in [0.25, 0.3) is 0 Å². The van der Waals surface area contributed by atoms with Crippen molar-refractivity contribution in [3.8, 4) is 0 Å². The van der Waals surface area contributed by atoms with E-state index < -0.39 is 10.0 Å². The van der Waals surface area contributed by atoms with E-state index >= 15 is 0 Å². The van der Waals surface area contributed by atoms with Crippen LogP contribution in [0.3, 0.4) is 0 Å². The highest BCUT2D eigenvalue weighted by Crippen LogP contribution is 2.22. The monoisotopic (exact) mass is 318 g/mol. The molecule has 1 aromatic carbocycles. The molecule has 0 spiro atoms. The van der Waals surface area contributed by atoms with E-state index in [0.717, 1.165) is 31.2 Å². The number of nitrogens with one attached hydrogen (secondary N) is 1. The second-order valence-electron chi connectivity index (χ2n) is 5.39. The molecule has 0 amide bonds. The molecule has 6 heteroatoms. The topological polar surface area (TPSA) is 72.2 Å². The summed E-state index contributed by atoms with van der Waals surface area (Å²) in [6, 6.07) is 9.48. The van der Waals surface area contributed by atoms with Crippen molar-refractivity contribution >= 4 is 22.4 Å². The molecule has 0 radical (unpaired) electrons. The van der Waals surface area contributed by atoms with Crippen LogP contribution >= 0.6 is 12.4 Å². The van der Waals surface area contributed by atoms with Crippen molar-refractivity contribution in [2.24, 2.45) is 11.7 Å². The third-order valence-corrected chi connectivity index (χ3v) is 4.93. The Labute approximate surface area is 127 Å². The van der Waals surface area contributed by atoms with Crippen molar-refractivity contribution in [3.05, 3.63) is 35.9 Å². The van der Waals surface area contributed by atoms with Gasteiger partial charge in [-0.05, 0) is 30.7 Å².